The molecular weight excluding hydrogens is 202 g/mol. The zero-order valence-electron chi connectivity index (χ0n) is 10.8. The van der Waals surface area contributed by atoms with E-state index in [1.807, 2.05) is 0 Å². The number of ether oxygens (including phenoxy) is 2. The Hall–Kier alpha value is -0.120. The van der Waals surface area contributed by atoms with Crippen molar-refractivity contribution in [3.05, 3.63) is 0 Å². The molecule has 16 heavy (non-hydrogen) atoms. The molecule has 0 aromatic heterocycles. The monoisotopic (exact) mass is 229 g/mol. The van der Waals surface area contributed by atoms with Gasteiger partial charge < -0.3 is 14.8 Å². The minimum atomic E-state index is 0.523. The molecule has 3 heteroatoms. The summed E-state index contributed by atoms with van der Waals surface area (Å²) in [6.45, 7) is 2.23. The van der Waals surface area contributed by atoms with Crippen LogP contribution in [0.5, 0.6) is 0 Å². The molecule has 1 N–H and O–H groups in total. The Kier molecular flexibility index (Phi) is 7.81. The van der Waals surface area contributed by atoms with Gasteiger partial charge in [-0.1, -0.05) is 25.7 Å². The zero-order valence-corrected chi connectivity index (χ0v) is 10.8. The van der Waals surface area contributed by atoms with E-state index in [2.05, 4.69) is 12.4 Å². The molecule has 0 aromatic carbocycles. The average molecular weight is 229 g/mol. The highest BCUT2D eigenvalue weighted by atomic mass is 16.5. The van der Waals surface area contributed by atoms with Crippen LogP contribution >= 0.6 is 0 Å². The molecule has 1 fully saturated rings. The van der Waals surface area contributed by atoms with Gasteiger partial charge in [0.2, 0.25) is 0 Å². The maximum atomic E-state index is 5.63. The van der Waals surface area contributed by atoms with Crippen LogP contribution in [0, 0.1) is 5.92 Å². The predicted molar refractivity (Wildman–Crippen MR) is 66.7 cm³/mol. The molecule has 3 nitrogen and oxygen atoms in total. The smallest absolute Gasteiger partial charge is 0.0701 e. The number of rotatable bonds is 7. The van der Waals surface area contributed by atoms with E-state index in [0.29, 0.717) is 19.3 Å². The van der Waals surface area contributed by atoms with Crippen molar-refractivity contribution in [3.8, 4) is 0 Å². The van der Waals surface area contributed by atoms with Gasteiger partial charge in [-0.2, -0.15) is 0 Å². The second kappa shape index (κ2) is 8.97. The third-order valence-corrected chi connectivity index (χ3v) is 3.57. The second-order valence-electron chi connectivity index (χ2n) is 4.71. The van der Waals surface area contributed by atoms with E-state index >= 15 is 0 Å². The molecule has 0 aromatic rings. The Labute approximate surface area is 99.9 Å². The van der Waals surface area contributed by atoms with Crippen molar-refractivity contribution in [1.82, 2.24) is 5.32 Å². The van der Waals surface area contributed by atoms with E-state index in [0.717, 1.165) is 12.5 Å². The highest BCUT2D eigenvalue weighted by Gasteiger charge is 2.21. The summed E-state index contributed by atoms with van der Waals surface area (Å²) >= 11 is 0. The molecule has 96 valence electrons. The molecule has 1 atom stereocenters. The lowest BCUT2D eigenvalue weighted by Crippen LogP contribution is -2.38. The van der Waals surface area contributed by atoms with Crippen LogP contribution in [0.15, 0.2) is 0 Å². The lowest BCUT2D eigenvalue weighted by Gasteiger charge is -2.25. The van der Waals surface area contributed by atoms with Crippen molar-refractivity contribution in [2.24, 2.45) is 5.92 Å². The summed E-state index contributed by atoms with van der Waals surface area (Å²) in [6, 6.07) is 0.523. The molecule has 0 bridgehead atoms. The lowest BCUT2D eigenvalue weighted by molar-refractivity contribution is 0.0489. The fourth-order valence-electron chi connectivity index (χ4n) is 2.52. The molecule has 0 aliphatic heterocycles. The Bertz CT molecular complexity index is 156. The van der Waals surface area contributed by atoms with Crippen LogP contribution in [-0.4, -0.2) is 40.0 Å². The van der Waals surface area contributed by atoms with Crippen molar-refractivity contribution in [1.29, 1.82) is 0 Å². The summed E-state index contributed by atoms with van der Waals surface area (Å²) in [7, 11) is 3.76. The Morgan fingerprint density at radius 2 is 1.81 bits per heavy atom. The standard InChI is InChI=1S/C13H27NO2/c1-14-13(11-16-10-9-15-2)12-7-5-3-4-6-8-12/h12-14H,3-11H2,1-2H3. The van der Waals surface area contributed by atoms with Crippen molar-refractivity contribution in [2.45, 2.75) is 44.6 Å². The largest absolute Gasteiger partial charge is 0.382 e. The third kappa shape index (κ3) is 5.28. The van der Waals surface area contributed by atoms with Gasteiger partial charge in [-0.15, -0.1) is 0 Å². The summed E-state index contributed by atoms with van der Waals surface area (Å²) in [5.41, 5.74) is 0. The van der Waals surface area contributed by atoms with Crippen molar-refractivity contribution < 1.29 is 9.47 Å². The molecule has 1 aliphatic rings. The second-order valence-corrected chi connectivity index (χ2v) is 4.71. The molecule has 0 saturated heterocycles. The molecular formula is C13H27NO2. The van der Waals surface area contributed by atoms with Gasteiger partial charge in [0, 0.05) is 13.2 Å². The molecule has 0 amide bonds. The van der Waals surface area contributed by atoms with Gasteiger partial charge in [-0.05, 0) is 25.8 Å². The number of hydrogen-bond donors (Lipinski definition) is 1. The Morgan fingerprint density at radius 3 is 2.38 bits per heavy atom. The van der Waals surface area contributed by atoms with Gasteiger partial charge in [0.25, 0.3) is 0 Å². The van der Waals surface area contributed by atoms with Gasteiger partial charge in [0.05, 0.1) is 19.8 Å². The number of nitrogens with one attached hydrogen (secondary N) is 1. The first-order valence-corrected chi connectivity index (χ1v) is 6.62. The first-order valence-electron chi connectivity index (χ1n) is 6.62. The van der Waals surface area contributed by atoms with Gasteiger partial charge in [-0.25, -0.2) is 0 Å². The number of methoxy groups -OCH3 is 1. The highest BCUT2D eigenvalue weighted by Crippen LogP contribution is 2.25. The summed E-state index contributed by atoms with van der Waals surface area (Å²) in [5, 5.41) is 3.41. The summed E-state index contributed by atoms with van der Waals surface area (Å²) in [5.74, 6) is 0.801. The van der Waals surface area contributed by atoms with Crippen molar-refractivity contribution in [2.75, 3.05) is 34.0 Å². The molecule has 0 radical (unpaired) electrons. The van der Waals surface area contributed by atoms with E-state index in [4.69, 9.17) is 9.47 Å². The lowest BCUT2D eigenvalue weighted by atomic mass is 9.92. The van der Waals surface area contributed by atoms with Crippen LogP contribution in [0.1, 0.15) is 38.5 Å². The first-order chi connectivity index (χ1) is 7.88. The molecule has 1 rings (SSSR count). The quantitative estimate of drug-likeness (QED) is 0.536. The minimum Gasteiger partial charge on any atom is -0.382 e. The average Bonchev–Trinajstić information content (AvgIpc) is 2.58. The van der Waals surface area contributed by atoms with Gasteiger partial charge in [0.15, 0.2) is 0 Å². The van der Waals surface area contributed by atoms with E-state index in [1.165, 1.54) is 38.5 Å². The SMILES string of the molecule is CNC(COCCOC)C1CCCCCC1. The maximum Gasteiger partial charge on any atom is 0.0701 e. The van der Waals surface area contributed by atoms with Crippen LogP contribution in [0.2, 0.25) is 0 Å². The molecule has 1 saturated carbocycles. The predicted octanol–water partition coefficient (Wildman–Crippen LogP) is 2.21. The third-order valence-electron chi connectivity index (χ3n) is 3.57. The van der Waals surface area contributed by atoms with E-state index < -0.39 is 0 Å². The van der Waals surface area contributed by atoms with Crippen LogP contribution in [-0.2, 0) is 9.47 Å². The topological polar surface area (TPSA) is 30.5 Å². The summed E-state index contributed by atoms with van der Waals surface area (Å²) < 4.78 is 10.6. The molecule has 0 heterocycles. The van der Waals surface area contributed by atoms with Crippen LogP contribution < -0.4 is 5.32 Å². The van der Waals surface area contributed by atoms with E-state index in [1.54, 1.807) is 7.11 Å². The first kappa shape index (κ1) is 13.9. The van der Waals surface area contributed by atoms with Crippen LogP contribution in [0.4, 0.5) is 0 Å². The summed E-state index contributed by atoms with van der Waals surface area (Å²) in [6.07, 6.45) is 8.33. The molecule has 1 aliphatic carbocycles. The molecule has 0 spiro atoms. The van der Waals surface area contributed by atoms with E-state index in [9.17, 15) is 0 Å². The highest BCUT2D eigenvalue weighted by molar-refractivity contribution is 4.77. The van der Waals surface area contributed by atoms with Crippen molar-refractivity contribution >= 4 is 0 Å². The summed E-state index contributed by atoms with van der Waals surface area (Å²) in [4.78, 5) is 0. The van der Waals surface area contributed by atoms with Crippen LogP contribution in [0.3, 0.4) is 0 Å². The minimum absolute atomic E-state index is 0.523. The Morgan fingerprint density at radius 1 is 1.12 bits per heavy atom. The zero-order chi connectivity index (χ0) is 11.6. The van der Waals surface area contributed by atoms with E-state index in [-0.39, 0.29) is 0 Å². The fourth-order valence-corrected chi connectivity index (χ4v) is 2.52. The maximum absolute atomic E-state index is 5.63. The van der Waals surface area contributed by atoms with Gasteiger partial charge in [0.1, 0.15) is 0 Å². The van der Waals surface area contributed by atoms with Crippen LogP contribution in [0.25, 0.3) is 0 Å². The number of hydrogen-bond acceptors (Lipinski definition) is 3. The molecule has 1 unspecified atom stereocenters. The van der Waals surface area contributed by atoms with Crippen molar-refractivity contribution in [3.63, 3.8) is 0 Å². The normalized spacial score (nSPS) is 20.6. The fraction of sp³-hybridized carbons (Fsp3) is 1.00. The van der Waals surface area contributed by atoms with Gasteiger partial charge in [-0.3, -0.25) is 0 Å². The van der Waals surface area contributed by atoms with Gasteiger partial charge >= 0.3 is 0 Å². The number of likely N-dealkylation sites (N-methyl/N-ethyl adjacent to an activating group) is 1. The Balaban J connectivity index is 2.22.